The number of aliphatic hydroxyl groups excluding tert-OH is 1. The first kappa shape index (κ1) is 9.26. The van der Waals surface area contributed by atoms with Crippen molar-refractivity contribution >= 4 is 5.97 Å². The Kier molecular flexibility index (Phi) is 2.87. The van der Waals surface area contributed by atoms with E-state index >= 15 is 0 Å². The summed E-state index contributed by atoms with van der Waals surface area (Å²) in [6, 6.07) is 0. The zero-order valence-corrected chi connectivity index (χ0v) is 6.99. The first-order valence-corrected chi connectivity index (χ1v) is 4.21. The lowest BCUT2D eigenvalue weighted by Gasteiger charge is -2.25. The van der Waals surface area contributed by atoms with Gasteiger partial charge in [-0.05, 0) is 31.6 Å². The molecule has 0 amide bonds. The van der Waals surface area contributed by atoms with Crippen LogP contribution in [0.3, 0.4) is 0 Å². The number of carboxylic acid groups (broad SMARTS) is 1. The third-order valence-electron chi connectivity index (χ3n) is 2.46. The largest absolute Gasteiger partial charge is 0.478 e. The lowest BCUT2D eigenvalue weighted by Crippen LogP contribution is -2.21. The molecule has 0 unspecified atom stereocenters. The molecule has 0 heterocycles. The number of hydrogen-bond acceptors (Lipinski definition) is 2. The predicted molar refractivity (Wildman–Crippen MR) is 44.7 cm³/mol. The van der Waals surface area contributed by atoms with E-state index in [2.05, 4.69) is 6.58 Å². The second-order valence-electron chi connectivity index (χ2n) is 3.34. The fourth-order valence-corrected chi connectivity index (χ4v) is 1.60. The van der Waals surface area contributed by atoms with Crippen molar-refractivity contribution in [2.24, 2.45) is 5.92 Å². The summed E-state index contributed by atoms with van der Waals surface area (Å²) in [4.78, 5) is 10.5. The molecule has 2 N–H and O–H groups in total. The van der Waals surface area contributed by atoms with Gasteiger partial charge in [-0.3, -0.25) is 0 Å². The molecule has 1 aliphatic carbocycles. The Balaban J connectivity index is 2.44. The number of aliphatic carboxylic acids is 1. The highest BCUT2D eigenvalue weighted by Crippen LogP contribution is 2.29. The summed E-state index contributed by atoms with van der Waals surface area (Å²) in [6.07, 6.45) is 2.69. The Morgan fingerprint density at radius 3 is 2.17 bits per heavy atom. The van der Waals surface area contributed by atoms with E-state index < -0.39 is 5.97 Å². The molecule has 0 aromatic heterocycles. The summed E-state index contributed by atoms with van der Waals surface area (Å²) in [7, 11) is 0. The van der Waals surface area contributed by atoms with Crippen LogP contribution < -0.4 is 0 Å². The summed E-state index contributed by atoms with van der Waals surface area (Å²) in [5.74, 6) is -0.831. The maximum absolute atomic E-state index is 10.5. The molecule has 3 nitrogen and oxygen atoms in total. The molecule has 0 spiro atoms. The average molecular weight is 170 g/mol. The van der Waals surface area contributed by atoms with Crippen LogP contribution in [0.15, 0.2) is 12.2 Å². The zero-order valence-electron chi connectivity index (χ0n) is 6.99. The van der Waals surface area contributed by atoms with Gasteiger partial charge in [0, 0.05) is 5.57 Å². The van der Waals surface area contributed by atoms with Gasteiger partial charge in [0.1, 0.15) is 0 Å². The van der Waals surface area contributed by atoms with Crippen LogP contribution in [0.2, 0.25) is 0 Å². The maximum atomic E-state index is 10.5. The molecular formula is C9H14O3. The molecule has 0 aromatic carbocycles. The van der Waals surface area contributed by atoms with E-state index in [0.717, 1.165) is 12.8 Å². The van der Waals surface area contributed by atoms with Gasteiger partial charge in [-0.1, -0.05) is 6.58 Å². The summed E-state index contributed by atoms with van der Waals surface area (Å²) < 4.78 is 0. The number of hydrogen-bond donors (Lipinski definition) is 2. The molecule has 1 saturated carbocycles. The summed E-state index contributed by atoms with van der Waals surface area (Å²) >= 11 is 0. The summed E-state index contributed by atoms with van der Waals surface area (Å²) in [5, 5.41) is 17.8. The van der Waals surface area contributed by atoms with Crippen molar-refractivity contribution in [3.8, 4) is 0 Å². The van der Waals surface area contributed by atoms with Crippen molar-refractivity contribution in [3.05, 3.63) is 12.2 Å². The van der Waals surface area contributed by atoms with E-state index in [4.69, 9.17) is 5.11 Å². The Morgan fingerprint density at radius 2 is 1.75 bits per heavy atom. The van der Waals surface area contributed by atoms with Crippen molar-refractivity contribution in [2.75, 3.05) is 0 Å². The molecule has 0 saturated heterocycles. The van der Waals surface area contributed by atoms with Crippen LogP contribution in [0.1, 0.15) is 25.7 Å². The van der Waals surface area contributed by atoms with Gasteiger partial charge in [0.25, 0.3) is 0 Å². The lowest BCUT2D eigenvalue weighted by molar-refractivity contribution is -0.133. The van der Waals surface area contributed by atoms with Gasteiger partial charge in [0.15, 0.2) is 0 Å². The molecule has 68 valence electrons. The third kappa shape index (κ3) is 2.08. The Morgan fingerprint density at radius 1 is 1.25 bits per heavy atom. The summed E-state index contributed by atoms with van der Waals surface area (Å²) in [5.41, 5.74) is 0.293. The van der Waals surface area contributed by atoms with Crippen LogP contribution in [0.25, 0.3) is 0 Å². The molecule has 0 bridgehead atoms. The van der Waals surface area contributed by atoms with Crippen molar-refractivity contribution in [1.29, 1.82) is 0 Å². The number of carbonyl (C=O) groups is 1. The topological polar surface area (TPSA) is 57.5 Å². The SMILES string of the molecule is C=C(C(=O)O)C1CCC(O)CC1. The van der Waals surface area contributed by atoms with Crippen molar-refractivity contribution in [3.63, 3.8) is 0 Å². The summed E-state index contributed by atoms with van der Waals surface area (Å²) in [6.45, 7) is 3.52. The van der Waals surface area contributed by atoms with E-state index in [1.54, 1.807) is 0 Å². The van der Waals surface area contributed by atoms with Crippen molar-refractivity contribution in [1.82, 2.24) is 0 Å². The minimum absolute atomic E-state index is 0.0749. The van der Waals surface area contributed by atoms with Gasteiger partial charge < -0.3 is 10.2 Å². The minimum Gasteiger partial charge on any atom is -0.478 e. The highest BCUT2D eigenvalue weighted by atomic mass is 16.4. The highest BCUT2D eigenvalue weighted by Gasteiger charge is 2.24. The second-order valence-corrected chi connectivity index (χ2v) is 3.34. The van der Waals surface area contributed by atoms with Gasteiger partial charge in [-0.2, -0.15) is 0 Å². The van der Waals surface area contributed by atoms with Gasteiger partial charge in [-0.25, -0.2) is 4.79 Å². The number of aliphatic hydroxyl groups is 1. The van der Waals surface area contributed by atoms with Gasteiger partial charge >= 0.3 is 5.97 Å². The molecule has 1 rings (SSSR count). The molecule has 1 aliphatic rings. The molecule has 0 aliphatic heterocycles. The van der Waals surface area contributed by atoms with Crippen LogP contribution in [0, 0.1) is 5.92 Å². The van der Waals surface area contributed by atoms with E-state index in [1.165, 1.54) is 0 Å². The van der Waals surface area contributed by atoms with Crippen LogP contribution in [0.5, 0.6) is 0 Å². The Hall–Kier alpha value is -0.830. The zero-order chi connectivity index (χ0) is 9.14. The maximum Gasteiger partial charge on any atom is 0.331 e. The monoisotopic (exact) mass is 170 g/mol. The van der Waals surface area contributed by atoms with Gasteiger partial charge in [-0.15, -0.1) is 0 Å². The fraction of sp³-hybridized carbons (Fsp3) is 0.667. The van der Waals surface area contributed by atoms with Gasteiger partial charge in [0.05, 0.1) is 6.10 Å². The normalized spacial score (nSPS) is 29.8. The van der Waals surface area contributed by atoms with Crippen LogP contribution in [-0.2, 0) is 4.79 Å². The molecule has 3 heteroatoms. The van der Waals surface area contributed by atoms with E-state index in [1.807, 2.05) is 0 Å². The standard InChI is InChI=1S/C9H14O3/c1-6(9(11)12)7-2-4-8(10)5-3-7/h7-8,10H,1-5H2,(H,11,12). The Bertz CT molecular complexity index is 190. The van der Waals surface area contributed by atoms with E-state index in [9.17, 15) is 9.90 Å². The quantitative estimate of drug-likeness (QED) is 0.612. The first-order chi connectivity index (χ1) is 5.61. The van der Waals surface area contributed by atoms with Crippen LogP contribution in [0.4, 0.5) is 0 Å². The lowest BCUT2D eigenvalue weighted by atomic mass is 9.83. The second kappa shape index (κ2) is 3.72. The fourth-order valence-electron chi connectivity index (χ4n) is 1.60. The Labute approximate surface area is 71.7 Å². The van der Waals surface area contributed by atoms with Crippen LogP contribution in [-0.4, -0.2) is 22.3 Å². The smallest absolute Gasteiger partial charge is 0.331 e. The van der Waals surface area contributed by atoms with Gasteiger partial charge in [0.2, 0.25) is 0 Å². The molecule has 0 radical (unpaired) electrons. The molecule has 1 fully saturated rings. The predicted octanol–water partition coefficient (Wildman–Crippen LogP) is 1.18. The molecule has 12 heavy (non-hydrogen) atoms. The van der Waals surface area contributed by atoms with Crippen molar-refractivity contribution < 1.29 is 15.0 Å². The number of carboxylic acids is 1. The molecule has 0 atom stereocenters. The van der Waals surface area contributed by atoms with Crippen molar-refractivity contribution in [2.45, 2.75) is 31.8 Å². The van der Waals surface area contributed by atoms with E-state index in [-0.39, 0.29) is 12.0 Å². The average Bonchev–Trinajstić information content (AvgIpc) is 2.04. The minimum atomic E-state index is -0.906. The highest BCUT2D eigenvalue weighted by molar-refractivity contribution is 5.86. The van der Waals surface area contributed by atoms with Crippen LogP contribution >= 0.6 is 0 Å². The molecule has 0 aromatic rings. The van der Waals surface area contributed by atoms with E-state index in [0.29, 0.717) is 18.4 Å². The number of rotatable bonds is 2. The first-order valence-electron chi connectivity index (χ1n) is 4.21. The molecular weight excluding hydrogens is 156 g/mol. The third-order valence-corrected chi connectivity index (χ3v) is 2.46.